The Labute approximate surface area is 170 Å². The Morgan fingerprint density at radius 1 is 1.11 bits per heavy atom. The molecule has 2 aromatic heterocycles. The van der Waals surface area contributed by atoms with Crippen LogP contribution in [0.15, 0.2) is 42.6 Å². The fraction of sp³-hybridized carbons (Fsp3) is 0.381. The van der Waals surface area contributed by atoms with E-state index < -0.39 is 0 Å². The first kappa shape index (κ1) is 20.2. The van der Waals surface area contributed by atoms with E-state index in [1.54, 1.807) is 24.6 Å². The van der Waals surface area contributed by atoms with Crippen LogP contribution in [0.4, 0.5) is 16.8 Å². The molecule has 0 fully saturated rings. The Balaban J connectivity index is 1.90. The van der Waals surface area contributed by atoms with Crippen molar-refractivity contribution in [2.75, 3.05) is 24.4 Å². The third kappa shape index (κ3) is 5.05. The van der Waals surface area contributed by atoms with Crippen molar-refractivity contribution in [1.29, 1.82) is 0 Å². The van der Waals surface area contributed by atoms with E-state index in [1.165, 1.54) is 0 Å². The molecule has 2 atom stereocenters. The van der Waals surface area contributed by atoms with Crippen LogP contribution in [0.3, 0.4) is 0 Å². The number of hydrogen-bond donors (Lipinski definition) is 2. The molecule has 148 valence electrons. The first-order valence-electron chi connectivity index (χ1n) is 9.52. The molecule has 2 heterocycles. The number of rotatable bonds is 9. The summed E-state index contributed by atoms with van der Waals surface area (Å²) in [6, 6.07) is 12.1. The standard InChI is InChI=1S/C21H27N5OS/c1-5-14(2)18-19(28-21(26-18)23-15(3)13-27-4)17-11-12-22-20(25-17)24-16-9-7-6-8-10-16/h6-12,14-15H,5,13H2,1-4H3,(H,23,26)(H,22,24,25). The maximum absolute atomic E-state index is 5.22. The molecule has 0 radical (unpaired) electrons. The molecule has 28 heavy (non-hydrogen) atoms. The van der Waals surface area contributed by atoms with E-state index in [0.717, 1.165) is 33.5 Å². The zero-order valence-corrected chi connectivity index (χ0v) is 17.6. The number of aromatic nitrogens is 3. The zero-order chi connectivity index (χ0) is 19.9. The summed E-state index contributed by atoms with van der Waals surface area (Å²) in [6.45, 7) is 7.09. The lowest BCUT2D eigenvalue weighted by Gasteiger charge is -2.11. The topological polar surface area (TPSA) is 72.0 Å². The molecule has 2 unspecified atom stereocenters. The average Bonchev–Trinajstić information content (AvgIpc) is 3.12. The third-order valence-corrected chi connectivity index (χ3v) is 5.46. The predicted molar refractivity (Wildman–Crippen MR) is 117 cm³/mol. The molecule has 0 spiro atoms. The van der Waals surface area contributed by atoms with Crippen LogP contribution in [0.5, 0.6) is 0 Å². The van der Waals surface area contributed by atoms with E-state index in [0.29, 0.717) is 18.5 Å². The summed E-state index contributed by atoms with van der Waals surface area (Å²) in [4.78, 5) is 15.1. The molecular weight excluding hydrogens is 370 g/mol. The van der Waals surface area contributed by atoms with Gasteiger partial charge in [0.15, 0.2) is 5.13 Å². The number of benzene rings is 1. The van der Waals surface area contributed by atoms with Crippen molar-refractivity contribution in [2.45, 2.75) is 39.2 Å². The summed E-state index contributed by atoms with van der Waals surface area (Å²) in [5.41, 5.74) is 2.92. The van der Waals surface area contributed by atoms with Gasteiger partial charge in [0.2, 0.25) is 5.95 Å². The van der Waals surface area contributed by atoms with Gasteiger partial charge in [0.05, 0.1) is 22.9 Å². The molecular formula is C21H27N5OS. The van der Waals surface area contributed by atoms with Gasteiger partial charge in [0, 0.05) is 25.0 Å². The molecule has 7 heteroatoms. The molecule has 0 saturated heterocycles. The second-order valence-corrected chi connectivity index (χ2v) is 7.80. The molecule has 1 aromatic carbocycles. The molecule has 0 aliphatic rings. The third-order valence-electron chi connectivity index (χ3n) is 4.44. The molecule has 0 saturated carbocycles. The number of nitrogens with one attached hydrogen (secondary N) is 2. The van der Waals surface area contributed by atoms with Crippen LogP contribution in [0.2, 0.25) is 0 Å². The smallest absolute Gasteiger partial charge is 0.227 e. The van der Waals surface area contributed by atoms with Crippen LogP contribution in [-0.2, 0) is 4.74 Å². The van der Waals surface area contributed by atoms with Gasteiger partial charge in [-0.15, -0.1) is 0 Å². The van der Waals surface area contributed by atoms with Crippen LogP contribution >= 0.6 is 11.3 Å². The number of ether oxygens (including phenoxy) is 1. The van der Waals surface area contributed by atoms with Gasteiger partial charge >= 0.3 is 0 Å². The van der Waals surface area contributed by atoms with Gasteiger partial charge in [0.1, 0.15) is 0 Å². The number of methoxy groups -OCH3 is 1. The lowest BCUT2D eigenvalue weighted by Crippen LogP contribution is -2.20. The molecule has 2 N–H and O–H groups in total. The van der Waals surface area contributed by atoms with Gasteiger partial charge < -0.3 is 15.4 Å². The van der Waals surface area contributed by atoms with Crippen molar-refractivity contribution in [3.05, 3.63) is 48.3 Å². The number of para-hydroxylation sites is 1. The van der Waals surface area contributed by atoms with Crippen LogP contribution in [0.1, 0.15) is 38.8 Å². The normalized spacial score (nSPS) is 13.1. The van der Waals surface area contributed by atoms with Crippen LogP contribution in [0.25, 0.3) is 10.6 Å². The van der Waals surface area contributed by atoms with Crippen molar-refractivity contribution in [3.63, 3.8) is 0 Å². The molecule has 3 rings (SSSR count). The van der Waals surface area contributed by atoms with Crippen molar-refractivity contribution >= 4 is 28.1 Å². The van der Waals surface area contributed by atoms with Gasteiger partial charge in [0.25, 0.3) is 0 Å². The van der Waals surface area contributed by atoms with E-state index in [-0.39, 0.29) is 6.04 Å². The molecule has 0 aliphatic heterocycles. The Kier molecular flexibility index (Phi) is 6.95. The Bertz CT molecular complexity index is 884. The minimum atomic E-state index is 0.189. The van der Waals surface area contributed by atoms with Crippen molar-refractivity contribution < 1.29 is 4.74 Å². The zero-order valence-electron chi connectivity index (χ0n) is 16.8. The van der Waals surface area contributed by atoms with Crippen molar-refractivity contribution in [2.24, 2.45) is 0 Å². The van der Waals surface area contributed by atoms with E-state index in [9.17, 15) is 0 Å². The average molecular weight is 398 g/mol. The lowest BCUT2D eigenvalue weighted by atomic mass is 10.0. The first-order valence-corrected chi connectivity index (χ1v) is 10.3. The quantitative estimate of drug-likeness (QED) is 0.510. The summed E-state index contributed by atoms with van der Waals surface area (Å²) in [5, 5.41) is 7.59. The lowest BCUT2D eigenvalue weighted by molar-refractivity contribution is 0.190. The van der Waals surface area contributed by atoms with Gasteiger partial charge in [-0.25, -0.2) is 15.0 Å². The number of nitrogens with zero attached hydrogens (tertiary/aromatic N) is 3. The Hall–Kier alpha value is -2.51. The van der Waals surface area contributed by atoms with Crippen LogP contribution < -0.4 is 10.6 Å². The SMILES string of the molecule is CCC(C)c1nc(NC(C)COC)sc1-c1ccnc(Nc2ccccc2)n1. The fourth-order valence-corrected chi connectivity index (χ4v) is 3.97. The summed E-state index contributed by atoms with van der Waals surface area (Å²) in [5.74, 6) is 0.925. The summed E-state index contributed by atoms with van der Waals surface area (Å²) in [7, 11) is 1.71. The Morgan fingerprint density at radius 3 is 2.61 bits per heavy atom. The fourth-order valence-electron chi connectivity index (χ4n) is 2.80. The second kappa shape index (κ2) is 9.61. The maximum Gasteiger partial charge on any atom is 0.227 e. The maximum atomic E-state index is 5.22. The monoisotopic (exact) mass is 397 g/mol. The van der Waals surface area contributed by atoms with Crippen molar-refractivity contribution in [1.82, 2.24) is 15.0 Å². The molecule has 6 nitrogen and oxygen atoms in total. The summed E-state index contributed by atoms with van der Waals surface area (Å²) in [6.07, 6.45) is 2.80. The van der Waals surface area contributed by atoms with Gasteiger partial charge in [-0.2, -0.15) is 0 Å². The van der Waals surface area contributed by atoms with Gasteiger partial charge in [-0.3, -0.25) is 0 Å². The molecule has 0 aliphatic carbocycles. The molecule has 3 aromatic rings. The van der Waals surface area contributed by atoms with E-state index >= 15 is 0 Å². The first-order chi connectivity index (χ1) is 13.6. The van der Waals surface area contributed by atoms with E-state index in [4.69, 9.17) is 14.7 Å². The second-order valence-electron chi connectivity index (χ2n) is 6.80. The summed E-state index contributed by atoms with van der Waals surface area (Å²) < 4.78 is 5.22. The van der Waals surface area contributed by atoms with Gasteiger partial charge in [-0.1, -0.05) is 43.4 Å². The minimum absolute atomic E-state index is 0.189. The predicted octanol–water partition coefficient (Wildman–Crippen LogP) is 5.30. The molecule has 0 bridgehead atoms. The minimum Gasteiger partial charge on any atom is -0.383 e. The Morgan fingerprint density at radius 2 is 1.89 bits per heavy atom. The highest BCUT2D eigenvalue weighted by Gasteiger charge is 2.20. The molecule has 0 amide bonds. The van der Waals surface area contributed by atoms with Crippen LogP contribution in [0, 0.1) is 0 Å². The van der Waals surface area contributed by atoms with Gasteiger partial charge in [-0.05, 0) is 37.5 Å². The van der Waals surface area contributed by atoms with E-state index in [1.807, 2.05) is 36.4 Å². The highest BCUT2D eigenvalue weighted by Crippen LogP contribution is 2.37. The summed E-state index contributed by atoms with van der Waals surface area (Å²) >= 11 is 1.63. The largest absolute Gasteiger partial charge is 0.383 e. The van der Waals surface area contributed by atoms with Crippen molar-refractivity contribution in [3.8, 4) is 10.6 Å². The number of thiazole rings is 1. The number of anilines is 3. The van der Waals surface area contributed by atoms with Crippen LogP contribution in [-0.4, -0.2) is 34.7 Å². The highest BCUT2D eigenvalue weighted by atomic mass is 32.1. The highest BCUT2D eigenvalue weighted by molar-refractivity contribution is 7.19. The van der Waals surface area contributed by atoms with E-state index in [2.05, 4.69) is 36.4 Å². The number of hydrogen-bond acceptors (Lipinski definition) is 7.